The third kappa shape index (κ3) is 46.2. The van der Waals surface area contributed by atoms with Crippen molar-refractivity contribution >= 4 is 101 Å². The van der Waals surface area contributed by atoms with Gasteiger partial charge in [-0.1, -0.05) is 160 Å². The Hall–Kier alpha value is -12.6. The molecule has 1 aliphatic rings. The molecule has 8 unspecified atom stereocenters. The molecule has 696 valence electrons. The number of carbonyl (C=O) groups is 17. The van der Waals surface area contributed by atoms with Gasteiger partial charge in [0.05, 0.1) is 19.6 Å². The summed E-state index contributed by atoms with van der Waals surface area (Å²) >= 11 is 0. The lowest BCUT2D eigenvalue weighted by atomic mass is 10.0. The number of urea groups is 2. The zero-order chi connectivity index (χ0) is 92.7. The lowest BCUT2D eigenvalue weighted by molar-refractivity contribution is -0.142. The molecule has 0 saturated carbocycles. The first-order valence-corrected chi connectivity index (χ1v) is 43.2. The molecular formula is C88H125N15O24. The Labute approximate surface area is 737 Å². The smallest absolute Gasteiger partial charge is 0.326 e. The molecule has 5 rings (SSSR count). The third-order valence-corrected chi connectivity index (χ3v) is 20.9. The topological polar surface area (TPSA) is 586 Å². The van der Waals surface area contributed by atoms with E-state index in [9.17, 15) is 107 Å². The molecule has 1 aliphatic heterocycles. The Morgan fingerprint density at radius 1 is 0.244 bits per heavy atom. The molecule has 39 nitrogen and oxygen atoms in total. The van der Waals surface area contributed by atoms with Crippen molar-refractivity contribution in [3.63, 3.8) is 0 Å². The first kappa shape index (κ1) is 105. The summed E-state index contributed by atoms with van der Waals surface area (Å²) in [6.45, 7) is 1.44. The van der Waals surface area contributed by atoms with E-state index in [-0.39, 0.29) is 148 Å². The SMILES string of the molecule is O=C(O)CCC(NC(=O)NC(CCCCNC(=O)CCCCCCCNC(=O)C(Cc1ccccc1)NC(=O)C(Cc1ccccc1)NC(=O)CN1CCN(CC(=O)O)CCN(CC(=O)NC(Cc2ccccc2)C(=O)NC(Cc2ccccc2)C(=O)NCCCCCCCC(=O)NCCCCC(NC(=O)NC(CCC(=O)O)C(=O)O)C(=O)O)CC1)C(=O)O)C(=O)O. The van der Waals surface area contributed by atoms with Gasteiger partial charge in [0.15, 0.2) is 0 Å². The van der Waals surface area contributed by atoms with E-state index < -0.39 is 163 Å². The highest BCUT2D eigenvalue weighted by Crippen LogP contribution is 2.15. The molecule has 4 aromatic carbocycles. The Kier molecular flexibility index (Phi) is 49.6. The molecular weight excluding hydrogens is 1650 g/mol. The molecule has 1 fully saturated rings. The zero-order valence-electron chi connectivity index (χ0n) is 71.7. The Balaban J connectivity index is 1.12. The monoisotopic (exact) mass is 1780 g/mol. The van der Waals surface area contributed by atoms with Crippen molar-refractivity contribution in [2.45, 2.75) is 215 Å². The van der Waals surface area contributed by atoms with Crippen molar-refractivity contribution in [1.82, 2.24) is 78.5 Å². The van der Waals surface area contributed by atoms with E-state index in [0.717, 1.165) is 24.0 Å². The second-order valence-corrected chi connectivity index (χ2v) is 31.3. The van der Waals surface area contributed by atoms with Crippen molar-refractivity contribution in [1.29, 1.82) is 0 Å². The van der Waals surface area contributed by atoms with Gasteiger partial charge >= 0.3 is 53.8 Å². The molecule has 0 bridgehead atoms. The predicted octanol–water partition coefficient (Wildman–Crippen LogP) is 2.53. The van der Waals surface area contributed by atoms with Crippen LogP contribution < -0.4 is 63.8 Å². The van der Waals surface area contributed by atoms with Crippen LogP contribution in [0.25, 0.3) is 0 Å². The molecule has 0 radical (unpaired) electrons. The van der Waals surface area contributed by atoms with E-state index in [2.05, 4.69) is 63.8 Å². The van der Waals surface area contributed by atoms with Gasteiger partial charge in [-0.3, -0.25) is 67.4 Å². The molecule has 1 saturated heterocycles. The van der Waals surface area contributed by atoms with Crippen LogP contribution in [0.4, 0.5) is 9.59 Å². The van der Waals surface area contributed by atoms with Crippen LogP contribution in [0.1, 0.15) is 164 Å². The van der Waals surface area contributed by atoms with Crippen molar-refractivity contribution in [3.8, 4) is 0 Å². The number of unbranched alkanes of at least 4 members (excludes halogenated alkanes) is 10. The summed E-state index contributed by atoms with van der Waals surface area (Å²) in [6.07, 6.45) is 6.83. The summed E-state index contributed by atoms with van der Waals surface area (Å²) in [6, 6.07) is 23.7. The van der Waals surface area contributed by atoms with Gasteiger partial charge in [0.2, 0.25) is 47.3 Å². The number of rotatable bonds is 62. The molecule has 0 aromatic heterocycles. The minimum Gasteiger partial charge on any atom is -0.481 e. The summed E-state index contributed by atoms with van der Waals surface area (Å²) in [7, 11) is 0. The predicted molar refractivity (Wildman–Crippen MR) is 463 cm³/mol. The highest BCUT2D eigenvalue weighted by molar-refractivity contribution is 5.94. The van der Waals surface area contributed by atoms with Crippen LogP contribution in [-0.4, -0.2) is 285 Å². The van der Waals surface area contributed by atoms with Crippen LogP contribution in [0.5, 0.6) is 0 Å². The van der Waals surface area contributed by atoms with Crippen molar-refractivity contribution in [3.05, 3.63) is 144 Å². The number of nitrogens with zero attached hydrogens (tertiary/aromatic N) is 3. The number of carboxylic acids is 7. The van der Waals surface area contributed by atoms with Gasteiger partial charge in [-0.2, -0.15) is 0 Å². The van der Waals surface area contributed by atoms with Gasteiger partial charge in [0.1, 0.15) is 48.3 Å². The minimum absolute atomic E-state index is 0.0242. The van der Waals surface area contributed by atoms with Gasteiger partial charge in [-0.25, -0.2) is 28.8 Å². The molecule has 12 amide bonds. The Morgan fingerprint density at radius 2 is 0.504 bits per heavy atom. The van der Waals surface area contributed by atoms with Gasteiger partial charge in [0.25, 0.3) is 0 Å². The van der Waals surface area contributed by atoms with Gasteiger partial charge in [-0.05, 0) is 99.3 Å². The second-order valence-electron chi connectivity index (χ2n) is 31.3. The molecule has 19 N–H and O–H groups in total. The molecule has 127 heavy (non-hydrogen) atoms. The third-order valence-electron chi connectivity index (χ3n) is 20.9. The van der Waals surface area contributed by atoms with Gasteiger partial charge < -0.3 is 99.5 Å². The maximum Gasteiger partial charge on any atom is 0.326 e. The first-order chi connectivity index (χ1) is 60.9. The van der Waals surface area contributed by atoms with E-state index in [1.54, 1.807) is 63.2 Å². The number of hydrogen-bond donors (Lipinski definition) is 19. The largest absolute Gasteiger partial charge is 0.481 e. The maximum atomic E-state index is 14.7. The Morgan fingerprint density at radius 3 is 0.795 bits per heavy atom. The van der Waals surface area contributed by atoms with E-state index in [0.29, 0.717) is 88.2 Å². The Bertz CT molecular complexity index is 3910. The van der Waals surface area contributed by atoms with E-state index in [1.807, 2.05) is 72.8 Å². The fourth-order valence-electron chi connectivity index (χ4n) is 13.9. The molecule has 0 aliphatic carbocycles. The summed E-state index contributed by atoms with van der Waals surface area (Å²) in [5, 5.41) is 97.2. The lowest BCUT2D eigenvalue weighted by Gasteiger charge is -2.27. The normalized spacial score (nSPS) is 14.3. The number of carbonyl (C=O) groups excluding carboxylic acids is 10. The fourth-order valence-corrected chi connectivity index (χ4v) is 13.9. The van der Waals surface area contributed by atoms with Crippen LogP contribution in [0.15, 0.2) is 121 Å². The molecule has 8 atom stereocenters. The molecule has 1 heterocycles. The van der Waals surface area contributed by atoms with Crippen LogP contribution in [-0.2, 0) is 97.6 Å². The number of aliphatic carboxylic acids is 7. The average Bonchev–Trinajstić information content (AvgIpc) is 1.32. The number of hydrogen-bond acceptors (Lipinski definition) is 20. The van der Waals surface area contributed by atoms with Gasteiger partial charge in [-0.15, -0.1) is 0 Å². The standard InChI is InChI=1S/C88H125N15O24/c104-72(89-43-25-21-35-64(83(118)119)97-87(126)99-66(85(122)123)39-41-76(108)109)37-19-3-1-5-23-45-91-79(114)68(53-60-27-11-7-12-28-60)95-81(116)70(55-62-31-15-9-16-32-62)93-74(106)57-101-47-48-102(50-52-103(51-49-101)59-78(112)113)58-75(107)94-71(56-63-33-17-10-18-34-63)82(117)96-69(54-61-29-13-8-14-30-61)80(115)92-46-24-6-2-4-20-38-73(105)90-44-26-22-36-65(84(120)121)98-88(127)100-67(86(124)125)40-42-77(110)111/h7-18,27-34,64-71H,1-6,19-26,35-59H2,(H,89,104)(H,90,105)(H,91,114)(H,92,115)(H,93,106)(H,94,107)(H,95,116)(H,96,117)(H,108,109)(H,110,111)(H,112,113)(H,118,119)(H,120,121)(H,122,123)(H,124,125)(H2,97,99,126)(H2,98,100,127). The second kappa shape index (κ2) is 60.1. The summed E-state index contributed by atoms with van der Waals surface area (Å²) < 4.78 is 0. The highest BCUT2D eigenvalue weighted by atomic mass is 16.4. The van der Waals surface area contributed by atoms with E-state index in [4.69, 9.17) is 10.2 Å². The van der Waals surface area contributed by atoms with Crippen LogP contribution in [0.3, 0.4) is 0 Å². The van der Waals surface area contributed by atoms with Crippen LogP contribution in [0, 0.1) is 0 Å². The van der Waals surface area contributed by atoms with E-state index >= 15 is 0 Å². The van der Waals surface area contributed by atoms with Crippen molar-refractivity contribution in [2.24, 2.45) is 0 Å². The van der Waals surface area contributed by atoms with Crippen LogP contribution in [0.2, 0.25) is 0 Å². The van der Waals surface area contributed by atoms with Crippen LogP contribution >= 0.6 is 0 Å². The van der Waals surface area contributed by atoms with Crippen molar-refractivity contribution < 1.29 is 117 Å². The number of nitrogens with one attached hydrogen (secondary N) is 12. The average molecular weight is 1780 g/mol. The number of amides is 12. The van der Waals surface area contributed by atoms with Crippen molar-refractivity contribution in [2.75, 3.05) is 85.1 Å². The molecule has 0 spiro atoms. The molecule has 39 heteroatoms. The minimum atomic E-state index is -1.54. The quantitative estimate of drug-likeness (QED) is 0.0282. The zero-order valence-corrected chi connectivity index (χ0v) is 71.7. The first-order valence-electron chi connectivity index (χ1n) is 43.2. The number of carboxylic acid groups (broad SMARTS) is 7. The van der Waals surface area contributed by atoms with E-state index in [1.165, 1.54) is 0 Å². The number of benzene rings is 4. The summed E-state index contributed by atoms with van der Waals surface area (Å²) in [5.74, 6) is -13.0. The highest BCUT2D eigenvalue weighted by Gasteiger charge is 2.33. The molecule has 4 aromatic rings. The fraction of sp³-hybridized carbons (Fsp3) is 0.534. The summed E-state index contributed by atoms with van der Waals surface area (Å²) in [4.78, 5) is 222. The maximum absolute atomic E-state index is 14.7. The summed E-state index contributed by atoms with van der Waals surface area (Å²) in [5.41, 5.74) is 2.94. The van der Waals surface area contributed by atoms with Gasteiger partial charge in [0, 0.05) is 117 Å². The lowest BCUT2D eigenvalue weighted by Crippen LogP contribution is -2.56.